The summed E-state index contributed by atoms with van der Waals surface area (Å²) in [7, 11) is 0. The third kappa shape index (κ3) is 1.48. The molecule has 0 amide bonds. The molecule has 0 bridgehead atoms. The lowest BCUT2D eigenvalue weighted by atomic mass is 10.1. The van der Waals surface area contributed by atoms with E-state index in [0.717, 1.165) is 19.0 Å². The van der Waals surface area contributed by atoms with E-state index in [0.29, 0.717) is 5.75 Å². The predicted molar refractivity (Wildman–Crippen MR) is 61.4 cm³/mol. The first-order valence-corrected chi connectivity index (χ1v) is 5.93. The Morgan fingerprint density at radius 2 is 2.00 bits per heavy atom. The topological polar surface area (TPSA) is 23.5 Å². The van der Waals surface area contributed by atoms with Gasteiger partial charge in [0.05, 0.1) is 0 Å². The van der Waals surface area contributed by atoms with E-state index in [-0.39, 0.29) is 0 Å². The van der Waals surface area contributed by atoms with Crippen molar-refractivity contribution in [3.05, 3.63) is 23.8 Å². The lowest BCUT2D eigenvalue weighted by Gasteiger charge is -2.26. The molecule has 0 spiro atoms. The van der Waals surface area contributed by atoms with Gasteiger partial charge < -0.3 is 10.0 Å². The second kappa shape index (κ2) is 3.44. The number of phenols is 1. The van der Waals surface area contributed by atoms with Gasteiger partial charge >= 0.3 is 0 Å². The molecule has 2 nitrogen and oxygen atoms in total. The zero-order valence-corrected chi connectivity index (χ0v) is 8.95. The molecule has 80 valence electrons. The number of aromatic hydroxyl groups is 1. The highest BCUT2D eigenvalue weighted by Crippen LogP contribution is 2.36. The van der Waals surface area contributed by atoms with Crippen molar-refractivity contribution in [2.24, 2.45) is 0 Å². The van der Waals surface area contributed by atoms with Crippen molar-refractivity contribution >= 4 is 5.69 Å². The van der Waals surface area contributed by atoms with Crippen LogP contribution < -0.4 is 4.90 Å². The van der Waals surface area contributed by atoms with E-state index < -0.39 is 0 Å². The molecule has 15 heavy (non-hydrogen) atoms. The second-order valence-electron chi connectivity index (χ2n) is 4.69. The molecule has 1 fully saturated rings. The molecule has 0 unspecified atom stereocenters. The highest BCUT2D eigenvalue weighted by molar-refractivity contribution is 5.61. The van der Waals surface area contributed by atoms with Crippen molar-refractivity contribution < 1.29 is 5.11 Å². The van der Waals surface area contributed by atoms with Crippen LogP contribution in [0, 0.1) is 0 Å². The van der Waals surface area contributed by atoms with Crippen LogP contribution in [0.1, 0.15) is 31.2 Å². The molecule has 3 rings (SSSR count). The van der Waals surface area contributed by atoms with Crippen molar-refractivity contribution in [1.82, 2.24) is 0 Å². The smallest absolute Gasteiger partial charge is 0.117 e. The van der Waals surface area contributed by atoms with E-state index in [1.54, 1.807) is 6.07 Å². The fraction of sp³-hybridized carbons (Fsp3) is 0.538. The minimum absolute atomic E-state index is 0.402. The first-order valence-electron chi connectivity index (χ1n) is 5.93. The lowest BCUT2D eigenvalue weighted by molar-refractivity contribution is 0.475. The fourth-order valence-corrected chi connectivity index (χ4v) is 2.99. The molecule has 0 radical (unpaired) electrons. The van der Waals surface area contributed by atoms with Crippen molar-refractivity contribution in [3.63, 3.8) is 0 Å². The maximum Gasteiger partial charge on any atom is 0.117 e. The standard InChI is InChI=1S/C13H17NO/c15-12-6-5-10-7-8-14(13(10)9-12)11-3-1-2-4-11/h5-6,9,11,15H,1-4,7-8H2. The molecule has 1 aliphatic heterocycles. The van der Waals surface area contributed by atoms with Crippen LogP contribution >= 0.6 is 0 Å². The molecule has 1 N–H and O–H groups in total. The van der Waals surface area contributed by atoms with Crippen molar-refractivity contribution in [3.8, 4) is 5.75 Å². The third-order valence-electron chi connectivity index (χ3n) is 3.77. The summed E-state index contributed by atoms with van der Waals surface area (Å²) in [5.41, 5.74) is 2.68. The molecule has 1 saturated carbocycles. The molecular formula is C13H17NO. The Bertz CT molecular complexity index is 369. The molecule has 2 heteroatoms. The highest BCUT2D eigenvalue weighted by Gasteiger charge is 2.28. The zero-order chi connectivity index (χ0) is 10.3. The first kappa shape index (κ1) is 9.08. The molecule has 0 aromatic heterocycles. The van der Waals surface area contributed by atoms with Crippen LogP contribution in [0.25, 0.3) is 0 Å². The maximum atomic E-state index is 9.53. The Hall–Kier alpha value is -1.18. The number of fused-ring (bicyclic) bond motifs is 1. The molecule has 0 atom stereocenters. The van der Waals surface area contributed by atoms with Crippen LogP contribution in [0.4, 0.5) is 5.69 Å². The van der Waals surface area contributed by atoms with Gasteiger partial charge in [0, 0.05) is 24.3 Å². The van der Waals surface area contributed by atoms with Gasteiger partial charge in [-0.05, 0) is 30.9 Å². The van der Waals surface area contributed by atoms with Gasteiger partial charge in [0.25, 0.3) is 0 Å². The van der Waals surface area contributed by atoms with E-state index in [9.17, 15) is 5.11 Å². The van der Waals surface area contributed by atoms with Crippen molar-refractivity contribution in [2.75, 3.05) is 11.4 Å². The summed E-state index contributed by atoms with van der Waals surface area (Å²) >= 11 is 0. The van der Waals surface area contributed by atoms with E-state index >= 15 is 0 Å². The van der Waals surface area contributed by atoms with Gasteiger partial charge in [-0.3, -0.25) is 0 Å². The van der Waals surface area contributed by atoms with Gasteiger partial charge in [-0.25, -0.2) is 0 Å². The average Bonchev–Trinajstić information content (AvgIpc) is 2.83. The molecule has 1 aliphatic carbocycles. The minimum Gasteiger partial charge on any atom is -0.508 e. The average molecular weight is 203 g/mol. The molecule has 2 aliphatic rings. The number of nitrogens with zero attached hydrogens (tertiary/aromatic N) is 1. The molecular weight excluding hydrogens is 186 g/mol. The highest BCUT2D eigenvalue weighted by atomic mass is 16.3. The second-order valence-corrected chi connectivity index (χ2v) is 4.69. The van der Waals surface area contributed by atoms with Gasteiger partial charge in [-0.15, -0.1) is 0 Å². The number of hydrogen-bond donors (Lipinski definition) is 1. The van der Waals surface area contributed by atoms with Crippen LogP contribution in [0.3, 0.4) is 0 Å². The van der Waals surface area contributed by atoms with Crippen LogP contribution in [-0.2, 0) is 6.42 Å². The summed E-state index contributed by atoms with van der Waals surface area (Å²) in [6.07, 6.45) is 6.54. The SMILES string of the molecule is Oc1ccc2c(c1)N(C1CCCC1)CC2. The summed E-state index contributed by atoms with van der Waals surface area (Å²) in [5.74, 6) is 0.402. The number of hydrogen-bond acceptors (Lipinski definition) is 2. The predicted octanol–water partition coefficient (Wildman–Crippen LogP) is 2.70. The summed E-state index contributed by atoms with van der Waals surface area (Å²) in [5, 5.41) is 9.53. The Morgan fingerprint density at radius 3 is 2.80 bits per heavy atom. The fourth-order valence-electron chi connectivity index (χ4n) is 2.99. The summed E-state index contributed by atoms with van der Waals surface area (Å²) < 4.78 is 0. The van der Waals surface area contributed by atoms with Gasteiger partial charge in [-0.1, -0.05) is 18.9 Å². The first-order chi connectivity index (χ1) is 7.34. The number of phenolic OH excluding ortho intramolecular Hbond substituents is 1. The Morgan fingerprint density at radius 1 is 1.20 bits per heavy atom. The molecule has 1 heterocycles. The largest absolute Gasteiger partial charge is 0.508 e. The number of anilines is 1. The molecule has 1 aromatic rings. The van der Waals surface area contributed by atoms with Gasteiger partial charge in [0.2, 0.25) is 0 Å². The van der Waals surface area contributed by atoms with Crippen LogP contribution in [0.5, 0.6) is 5.75 Å². The quantitative estimate of drug-likeness (QED) is 0.758. The molecule has 0 saturated heterocycles. The Balaban J connectivity index is 1.92. The number of rotatable bonds is 1. The van der Waals surface area contributed by atoms with E-state index in [2.05, 4.69) is 11.0 Å². The molecule has 1 aromatic carbocycles. The van der Waals surface area contributed by atoms with E-state index in [1.165, 1.54) is 36.9 Å². The Kier molecular flexibility index (Phi) is 2.08. The van der Waals surface area contributed by atoms with Crippen LogP contribution in [0.2, 0.25) is 0 Å². The normalized spacial score (nSPS) is 20.9. The van der Waals surface area contributed by atoms with E-state index in [4.69, 9.17) is 0 Å². The lowest BCUT2D eigenvalue weighted by Crippen LogP contribution is -2.31. The van der Waals surface area contributed by atoms with Gasteiger partial charge in [0.1, 0.15) is 5.75 Å². The van der Waals surface area contributed by atoms with E-state index in [1.807, 2.05) is 6.07 Å². The summed E-state index contributed by atoms with van der Waals surface area (Å²) in [4.78, 5) is 2.50. The minimum atomic E-state index is 0.402. The third-order valence-corrected chi connectivity index (χ3v) is 3.77. The summed E-state index contributed by atoms with van der Waals surface area (Å²) in [6, 6.07) is 6.53. The van der Waals surface area contributed by atoms with Crippen LogP contribution in [-0.4, -0.2) is 17.7 Å². The number of benzene rings is 1. The van der Waals surface area contributed by atoms with Crippen LogP contribution in [0.15, 0.2) is 18.2 Å². The monoisotopic (exact) mass is 203 g/mol. The van der Waals surface area contributed by atoms with Gasteiger partial charge in [-0.2, -0.15) is 0 Å². The van der Waals surface area contributed by atoms with Crippen molar-refractivity contribution in [2.45, 2.75) is 38.1 Å². The zero-order valence-electron chi connectivity index (χ0n) is 8.95. The van der Waals surface area contributed by atoms with Crippen molar-refractivity contribution in [1.29, 1.82) is 0 Å². The maximum absolute atomic E-state index is 9.53. The Labute approximate surface area is 90.5 Å². The summed E-state index contributed by atoms with van der Waals surface area (Å²) in [6.45, 7) is 1.14. The van der Waals surface area contributed by atoms with Gasteiger partial charge in [0.15, 0.2) is 0 Å².